The molecule has 0 saturated heterocycles. The first-order valence-corrected chi connectivity index (χ1v) is 9.91. The summed E-state index contributed by atoms with van der Waals surface area (Å²) in [5.74, 6) is 0.366. The van der Waals surface area contributed by atoms with Crippen molar-refractivity contribution in [2.75, 3.05) is 0 Å². The molecule has 1 N–H and O–H groups in total. The molecule has 140 valence electrons. The van der Waals surface area contributed by atoms with Crippen LogP contribution in [0.4, 0.5) is 5.69 Å². The van der Waals surface area contributed by atoms with Gasteiger partial charge in [0.1, 0.15) is 11.3 Å². The molecule has 0 saturated carbocycles. The molecule has 0 radical (unpaired) electrons. The van der Waals surface area contributed by atoms with Crippen molar-refractivity contribution in [1.82, 2.24) is 4.98 Å². The minimum Gasteiger partial charge on any atom is -0.506 e. The van der Waals surface area contributed by atoms with Gasteiger partial charge >= 0.3 is 0 Å². The zero-order valence-corrected chi connectivity index (χ0v) is 17.8. The van der Waals surface area contributed by atoms with Gasteiger partial charge in [-0.05, 0) is 48.5 Å². The predicted molar refractivity (Wildman–Crippen MR) is 118 cm³/mol. The fraction of sp³-hybridized carbons (Fsp3) is 0. The zero-order chi connectivity index (χ0) is 19.8. The van der Waals surface area contributed by atoms with Crippen molar-refractivity contribution in [3.63, 3.8) is 0 Å². The van der Waals surface area contributed by atoms with E-state index in [2.05, 4.69) is 25.9 Å². The molecule has 0 spiro atoms. The van der Waals surface area contributed by atoms with Crippen molar-refractivity contribution in [3.8, 4) is 17.2 Å². The summed E-state index contributed by atoms with van der Waals surface area (Å²) >= 11 is 21.5. The van der Waals surface area contributed by atoms with Gasteiger partial charge in [-0.2, -0.15) is 0 Å². The molecule has 0 fully saturated rings. The molecule has 4 nitrogen and oxygen atoms in total. The minimum atomic E-state index is -0.0317. The highest BCUT2D eigenvalue weighted by Gasteiger charge is 2.12. The number of hydrogen-bond acceptors (Lipinski definition) is 4. The lowest BCUT2D eigenvalue weighted by Gasteiger charge is -2.02. The van der Waals surface area contributed by atoms with E-state index in [4.69, 9.17) is 39.2 Å². The minimum absolute atomic E-state index is 0.0317. The molecule has 4 rings (SSSR count). The van der Waals surface area contributed by atoms with Crippen LogP contribution in [-0.2, 0) is 0 Å². The smallest absolute Gasteiger partial charge is 0.228 e. The number of nitrogens with zero attached hydrogens (tertiary/aromatic N) is 2. The SMILES string of the molecule is Oc1c(Cl)cc(Br)cc1C=Nc1ccc2oc(-c3ccc(Cl)cc3Cl)nc2c1. The number of aromatic hydroxyl groups is 1. The molecule has 0 atom stereocenters. The molecule has 3 aromatic carbocycles. The summed E-state index contributed by atoms with van der Waals surface area (Å²) in [6.45, 7) is 0. The number of benzene rings is 3. The Labute approximate surface area is 183 Å². The molecule has 0 aliphatic heterocycles. The molecule has 0 amide bonds. The Bertz CT molecular complexity index is 1240. The number of phenolic OH excluding ortho intramolecular Hbond substituents is 1. The zero-order valence-electron chi connectivity index (χ0n) is 14.0. The molecule has 0 unspecified atom stereocenters. The van der Waals surface area contributed by atoms with Crippen LogP contribution in [0.2, 0.25) is 15.1 Å². The second kappa shape index (κ2) is 7.76. The number of halogens is 4. The van der Waals surface area contributed by atoms with Gasteiger partial charge < -0.3 is 9.52 Å². The maximum absolute atomic E-state index is 10.1. The quantitative estimate of drug-likeness (QED) is 0.296. The molecule has 1 heterocycles. The fourth-order valence-electron chi connectivity index (χ4n) is 2.60. The van der Waals surface area contributed by atoms with Crippen LogP contribution >= 0.6 is 50.7 Å². The van der Waals surface area contributed by atoms with Crippen molar-refractivity contribution in [2.24, 2.45) is 4.99 Å². The van der Waals surface area contributed by atoms with E-state index in [0.29, 0.717) is 43.9 Å². The normalized spacial score (nSPS) is 11.6. The van der Waals surface area contributed by atoms with Crippen molar-refractivity contribution in [3.05, 3.63) is 73.6 Å². The third-order valence-electron chi connectivity index (χ3n) is 3.94. The van der Waals surface area contributed by atoms with E-state index in [9.17, 15) is 5.11 Å². The summed E-state index contributed by atoms with van der Waals surface area (Å²) < 4.78 is 6.53. The van der Waals surface area contributed by atoms with Gasteiger partial charge in [-0.15, -0.1) is 0 Å². The van der Waals surface area contributed by atoms with E-state index in [1.807, 2.05) is 0 Å². The van der Waals surface area contributed by atoms with Gasteiger partial charge in [-0.1, -0.05) is 50.7 Å². The average molecular weight is 497 g/mol. The van der Waals surface area contributed by atoms with Gasteiger partial charge in [0.05, 0.1) is 21.3 Å². The van der Waals surface area contributed by atoms with Crippen molar-refractivity contribution in [1.29, 1.82) is 0 Å². The third kappa shape index (κ3) is 3.89. The van der Waals surface area contributed by atoms with Gasteiger partial charge in [0, 0.05) is 21.3 Å². The Hall–Kier alpha value is -2.05. The van der Waals surface area contributed by atoms with Crippen molar-refractivity contribution >= 4 is 73.7 Å². The standard InChI is InChI=1S/C20H10BrCl3N2O2/c21-11-5-10(19(27)16(24)6-11)9-25-13-2-4-18-17(8-13)26-20(28-18)14-3-1-12(22)7-15(14)23/h1-9,27H. The van der Waals surface area contributed by atoms with Crippen LogP contribution in [-0.4, -0.2) is 16.3 Å². The molecule has 1 aromatic heterocycles. The number of rotatable bonds is 3. The summed E-state index contributed by atoms with van der Waals surface area (Å²) in [4.78, 5) is 8.88. The lowest BCUT2D eigenvalue weighted by atomic mass is 10.2. The van der Waals surface area contributed by atoms with Gasteiger partial charge in [0.2, 0.25) is 5.89 Å². The molecular formula is C20H10BrCl3N2O2. The van der Waals surface area contributed by atoms with Gasteiger partial charge in [-0.3, -0.25) is 4.99 Å². The lowest BCUT2D eigenvalue weighted by Crippen LogP contribution is -1.84. The van der Waals surface area contributed by atoms with Crippen LogP contribution in [0.15, 0.2) is 62.4 Å². The highest BCUT2D eigenvalue weighted by atomic mass is 79.9. The number of hydrogen-bond donors (Lipinski definition) is 1. The highest BCUT2D eigenvalue weighted by molar-refractivity contribution is 9.10. The molecule has 8 heteroatoms. The third-order valence-corrected chi connectivity index (χ3v) is 5.24. The molecular weight excluding hydrogens is 486 g/mol. The van der Waals surface area contributed by atoms with E-state index in [1.165, 1.54) is 6.21 Å². The first-order chi connectivity index (χ1) is 13.4. The molecule has 4 aromatic rings. The Morgan fingerprint density at radius 3 is 2.61 bits per heavy atom. The predicted octanol–water partition coefficient (Wildman–Crippen LogP) is 7.67. The number of aliphatic imine (C=N–C) groups is 1. The Balaban J connectivity index is 1.69. The van der Waals surface area contributed by atoms with Crippen molar-refractivity contribution < 1.29 is 9.52 Å². The van der Waals surface area contributed by atoms with Crippen LogP contribution in [0.3, 0.4) is 0 Å². The first-order valence-electron chi connectivity index (χ1n) is 7.99. The average Bonchev–Trinajstić information content (AvgIpc) is 3.06. The maximum atomic E-state index is 10.1. The number of fused-ring (bicyclic) bond motifs is 1. The number of aromatic nitrogens is 1. The topological polar surface area (TPSA) is 58.6 Å². The van der Waals surface area contributed by atoms with E-state index < -0.39 is 0 Å². The molecule has 0 aliphatic carbocycles. The van der Waals surface area contributed by atoms with Crippen LogP contribution < -0.4 is 0 Å². The monoisotopic (exact) mass is 494 g/mol. The van der Waals surface area contributed by atoms with Crippen LogP contribution in [0.1, 0.15) is 5.56 Å². The summed E-state index contributed by atoms with van der Waals surface area (Å²) in [5.41, 5.74) is 3.03. The van der Waals surface area contributed by atoms with Crippen molar-refractivity contribution in [2.45, 2.75) is 0 Å². The van der Waals surface area contributed by atoms with E-state index in [1.54, 1.807) is 48.5 Å². The van der Waals surface area contributed by atoms with Crippen LogP contribution in [0, 0.1) is 0 Å². The van der Waals surface area contributed by atoms with Crippen LogP contribution in [0.5, 0.6) is 5.75 Å². The van der Waals surface area contributed by atoms with Gasteiger partial charge in [0.25, 0.3) is 0 Å². The van der Waals surface area contributed by atoms with Crippen LogP contribution in [0.25, 0.3) is 22.6 Å². The lowest BCUT2D eigenvalue weighted by molar-refractivity contribution is 0.474. The largest absolute Gasteiger partial charge is 0.506 e. The number of phenols is 1. The Morgan fingerprint density at radius 1 is 1.00 bits per heavy atom. The van der Waals surface area contributed by atoms with E-state index in [-0.39, 0.29) is 10.8 Å². The first kappa shape index (κ1) is 19.3. The highest BCUT2D eigenvalue weighted by Crippen LogP contribution is 2.33. The molecule has 0 aliphatic rings. The fourth-order valence-corrected chi connectivity index (χ4v) is 3.93. The van der Waals surface area contributed by atoms with E-state index in [0.717, 1.165) is 4.47 Å². The van der Waals surface area contributed by atoms with Gasteiger partial charge in [0.15, 0.2) is 5.58 Å². The number of oxazole rings is 1. The van der Waals surface area contributed by atoms with E-state index >= 15 is 0 Å². The Morgan fingerprint density at radius 2 is 1.82 bits per heavy atom. The summed E-state index contributed by atoms with van der Waals surface area (Å²) in [7, 11) is 0. The summed E-state index contributed by atoms with van der Waals surface area (Å²) in [5, 5.41) is 11.3. The second-order valence-electron chi connectivity index (χ2n) is 5.88. The summed E-state index contributed by atoms with van der Waals surface area (Å²) in [6, 6.07) is 13.8. The Kier molecular flexibility index (Phi) is 5.34. The van der Waals surface area contributed by atoms with Gasteiger partial charge in [-0.25, -0.2) is 4.98 Å². The molecule has 28 heavy (non-hydrogen) atoms. The molecule has 0 bridgehead atoms. The maximum Gasteiger partial charge on any atom is 0.228 e. The second-order valence-corrected chi connectivity index (χ2v) is 8.05. The summed E-state index contributed by atoms with van der Waals surface area (Å²) in [6.07, 6.45) is 1.53.